The number of aryl methyl sites for hydroxylation is 2. The molecule has 0 aliphatic carbocycles. The molecule has 0 N–H and O–H groups in total. The Kier molecular flexibility index (Phi) is 4.42. The van der Waals surface area contributed by atoms with Crippen LogP contribution in [-0.4, -0.2) is 34.4 Å². The first-order valence-corrected chi connectivity index (χ1v) is 8.35. The van der Waals surface area contributed by atoms with E-state index in [1.165, 1.54) is 21.0 Å². The van der Waals surface area contributed by atoms with Crippen LogP contribution in [0.3, 0.4) is 0 Å². The molecule has 0 saturated heterocycles. The Labute approximate surface area is 130 Å². The highest BCUT2D eigenvalue weighted by atomic mass is 32.1. The Morgan fingerprint density at radius 2 is 2.29 bits per heavy atom. The zero-order valence-corrected chi connectivity index (χ0v) is 13.8. The molecule has 1 aliphatic heterocycles. The third-order valence-corrected chi connectivity index (χ3v) is 4.91. The van der Waals surface area contributed by atoms with Gasteiger partial charge in [-0.15, -0.1) is 11.3 Å². The molecule has 4 nitrogen and oxygen atoms in total. The van der Waals surface area contributed by atoms with Gasteiger partial charge >= 0.3 is 0 Å². The van der Waals surface area contributed by atoms with E-state index >= 15 is 0 Å². The molecule has 0 aromatic carbocycles. The van der Waals surface area contributed by atoms with Gasteiger partial charge in [0, 0.05) is 60.7 Å². The second-order valence-corrected chi connectivity index (χ2v) is 7.12. The molecule has 0 unspecified atom stereocenters. The van der Waals surface area contributed by atoms with E-state index in [1.807, 2.05) is 23.1 Å². The third-order valence-electron chi connectivity index (χ3n) is 3.93. The molecule has 21 heavy (non-hydrogen) atoms. The van der Waals surface area contributed by atoms with Gasteiger partial charge in [-0.05, 0) is 26.0 Å². The normalized spacial score (nSPS) is 18.9. The van der Waals surface area contributed by atoms with Crippen molar-refractivity contribution in [3.63, 3.8) is 0 Å². The van der Waals surface area contributed by atoms with Crippen molar-refractivity contribution in [2.45, 2.75) is 32.9 Å². The first-order chi connectivity index (χ1) is 10.2. The molecule has 1 atom stereocenters. The Hall–Kier alpha value is -1.17. The zero-order valence-electron chi connectivity index (χ0n) is 13.0. The standard InChI is InChI=1S/C16H23N3OS/c1-4-20-11-13-7-19(8-14-6-5-12(2)21-14)10-16-15(13)9-18(3)17-16/h5-6,9,13H,4,7-8,10-11H2,1-3H3/t13-/m1/s1. The first kappa shape index (κ1) is 14.8. The number of fused-ring (bicyclic) bond motifs is 1. The Morgan fingerprint density at radius 3 is 3.00 bits per heavy atom. The molecule has 0 saturated carbocycles. The summed E-state index contributed by atoms with van der Waals surface area (Å²) in [5.74, 6) is 0.434. The first-order valence-electron chi connectivity index (χ1n) is 7.53. The molecule has 2 aromatic rings. The summed E-state index contributed by atoms with van der Waals surface area (Å²) in [5.41, 5.74) is 2.58. The summed E-state index contributed by atoms with van der Waals surface area (Å²) in [6.07, 6.45) is 2.16. The predicted molar refractivity (Wildman–Crippen MR) is 85.6 cm³/mol. The van der Waals surface area contributed by atoms with Crippen molar-refractivity contribution in [2.75, 3.05) is 19.8 Å². The maximum Gasteiger partial charge on any atom is 0.0800 e. The monoisotopic (exact) mass is 305 g/mol. The van der Waals surface area contributed by atoms with Gasteiger partial charge in [0.15, 0.2) is 0 Å². The van der Waals surface area contributed by atoms with E-state index in [2.05, 4.69) is 42.2 Å². The molecule has 0 radical (unpaired) electrons. The van der Waals surface area contributed by atoms with Crippen LogP contribution in [0.2, 0.25) is 0 Å². The minimum absolute atomic E-state index is 0.434. The molecule has 1 aliphatic rings. The average Bonchev–Trinajstić information content (AvgIpc) is 3.01. The van der Waals surface area contributed by atoms with Gasteiger partial charge in [0.25, 0.3) is 0 Å². The second-order valence-electron chi connectivity index (χ2n) is 5.74. The fraction of sp³-hybridized carbons (Fsp3) is 0.562. The van der Waals surface area contributed by atoms with Crippen molar-refractivity contribution >= 4 is 11.3 Å². The van der Waals surface area contributed by atoms with Gasteiger partial charge in [-0.3, -0.25) is 9.58 Å². The van der Waals surface area contributed by atoms with Crippen LogP contribution >= 0.6 is 11.3 Å². The maximum atomic E-state index is 5.68. The summed E-state index contributed by atoms with van der Waals surface area (Å²) in [6, 6.07) is 4.44. The average molecular weight is 305 g/mol. The van der Waals surface area contributed by atoms with Gasteiger partial charge < -0.3 is 4.74 Å². The second kappa shape index (κ2) is 6.30. The number of hydrogen-bond acceptors (Lipinski definition) is 4. The van der Waals surface area contributed by atoms with E-state index < -0.39 is 0 Å². The molecule has 0 fully saturated rings. The highest BCUT2D eigenvalue weighted by Crippen LogP contribution is 2.29. The smallest absolute Gasteiger partial charge is 0.0800 e. The number of thiophene rings is 1. The van der Waals surface area contributed by atoms with Crippen LogP contribution in [0.25, 0.3) is 0 Å². The number of nitrogens with zero attached hydrogens (tertiary/aromatic N) is 3. The molecule has 5 heteroatoms. The molecule has 2 aromatic heterocycles. The van der Waals surface area contributed by atoms with Gasteiger partial charge in [0.1, 0.15) is 0 Å². The Morgan fingerprint density at radius 1 is 1.43 bits per heavy atom. The number of rotatable bonds is 5. The van der Waals surface area contributed by atoms with Crippen molar-refractivity contribution in [1.82, 2.24) is 14.7 Å². The van der Waals surface area contributed by atoms with E-state index in [0.29, 0.717) is 5.92 Å². The summed E-state index contributed by atoms with van der Waals surface area (Å²) in [7, 11) is 2.00. The summed E-state index contributed by atoms with van der Waals surface area (Å²) in [6.45, 7) is 8.78. The van der Waals surface area contributed by atoms with Crippen LogP contribution in [0.1, 0.15) is 33.9 Å². The molecular formula is C16H23N3OS. The molecule has 3 heterocycles. The van der Waals surface area contributed by atoms with Crippen LogP contribution in [0, 0.1) is 6.92 Å². The van der Waals surface area contributed by atoms with E-state index in [-0.39, 0.29) is 0 Å². The summed E-state index contributed by atoms with van der Waals surface area (Å²) >= 11 is 1.89. The van der Waals surface area contributed by atoms with Gasteiger partial charge in [0.2, 0.25) is 0 Å². The maximum absolute atomic E-state index is 5.68. The minimum Gasteiger partial charge on any atom is -0.381 e. The van der Waals surface area contributed by atoms with E-state index in [9.17, 15) is 0 Å². The lowest BCUT2D eigenvalue weighted by Gasteiger charge is -2.31. The van der Waals surface area contributed by atoms with E-state index in [4.69, 9.17) is 4.74 Å². The highest BCUT2D eigenvalue weighted by molar-refractivity contribution is 7.11. The number of aromatic nitrogens is 2. The lowest BCUT2D eigenvalue weighted by Crippen LogP contribution is -2.34. The largest absolute Gasteiger partial charge is 0.381 e. The zero-order chi connectivity index (χ0) is 14.8. The summed E-state index contributed by atoms with van der Waals surface area (Å²) in [5, 5.41) is 4.63. The lowest BCUT2D eigenvalue weighted by molar-refractivity contribution is 0.105. The van der Waals surface area contributed by atoms with Gasteiger partial charge in [-0.25, -0.2) is 0 Å². The van der Waals surface area contributed by atoms with Crippen LogP contribution in [0.15, 0.2) is 18.3 Å². The topological polar surface area (TPSA) is 30.3 Å². The van der Waals surface area contributed by atoms with Gasteiger partial charge in [-0.1, -0.05) is 0 Å². The number of ether oxygens (including phenoxy) is 1. The quantitative estimate of drug-likeness (QED) is 0.851. The van der Waals surface area contributed by atoms with Crippen molar-refractivity contribution < 1.29 is 4.74 Å². The van der Waals surface area contributed by atoms with Gasteiger partial charge in [-0.2, -0.15) is 5.10 Å². The van der Waals surface area contributed by atoms with Crippen molar-refractivity contribution in [3.05, 3.63) is 39.3 Å². The van der Waals surface area contributed by atoms with Crippen LogP contribution < -0.4 is 0 Å². The number of hydrogen-bond donors (Lipinski definition) is 0. The molecular weight excluding hydrogens is 282 g/mol. The van der Waals surface area contributed by atoms with Gasteiger partial charge in [0.05, 0.1) is 12.3 Å². The Balaban J connectivity index is 1.76. The third kappa shape index (κ3) is 3.36. The fourth-order valence-corrected chi connectivity index (χ4v) is 3.95. The van der Waals surface area contributed by atoms with Crippen molar-refractivity contribution in [3.8, 4) is 0 Å². The predicted octanol–water partition coefficient (Wildman–Crippen LogP) is 2.93. The van der Waals surface area contributed by atoms with Crippen LogP contribution in [0.4, 0.5) is 0 Å². The summed E-state index contributed by atoms with van der Waals surface area (Å²) < 4.78 is 7.61. The highest BCUT2D eigenvalue weighted by Gasteiger charge is 2.28. The van der Waals surface area contributed by atoms with Crippen molar-refractivity contribution in [1.29, 1.82) is 0 Å². The lowest BCUT2D eigenvalue weighted by atomic mass is 9.95. The summed E-state index contributed by atoms with van der Waals surface area (Å²) in [4.78, 5) is 5.30. The SMILES string of the molecule is CCOC[C@H]1CN(Cc2ccc(C)s2)Cc2nn(C)cc21. The molecule has 114 valence electrons. The van der Waals surface area contributed by atoms with Crippen LogP contribution in [0.5, 0.6) is 0 Å². The molecule has 3 rings (SSSR count). The Bertz CT molecular complexity index is 604. The van der Waals surface area contributed by atoms with E-state index in [1.54, 1.807) is 0 Å². The molecule has 0 spiro atoms. The van der Waals surface area contributed by atoms with Crippen LogP contribution in [-0.2, 0) is 24.9 Å². The minimum atomic E-state index is 0.434. The fourth-order valence-electron chi connectivity index (χ4n) is 3.02. The van der Waals surface area contributed by atoms with Crippen molar-refractivity contribution in [2.24, 2.45) is 7.05 Å². The molecule has 0 amide bonds. The van der Waals surface area contributed by atoms with E-state index in [0.717, 1.165) is 32.8 Å². The molecule has 0 bridgehead atoms.